The molecule has 0 radical (unpaired) electrons. The number of likely N-dealkylation sites (tertiary alicyclic amines) is 1. The first-order valence-corrected chi connectivity index (χ1v) is 8.74. The average molecular weight is 348 g/mol. The number of hydrogen-bond acceptors (Lipinski definition) is 4. The van der Waals surface area contributed by atoms with Gasteiger partial charge in [0.25, 0.3) is 0 Å². The van der Waals surface area contributed by atoms with Crippen LogP contribution in [0.25, 0.3) is 0 Å². The van der Waals surface area contributed by atoms with Gasteiger partial charge in [0.1, 0.15) is 0 Å². The van der Waals surface area contributed by atoms with Gasteiger partial charge < -0.3 is 20.1 Å². The molecule has 0 bridgehead atoms. The van der Waals surface area contributed by atoms with Gasteiger partial charge in [-0.3, -0.25) is 9.59 Å². The fourth-order valence-corrected chi connectivity index (χ4v) is 3.23. The standard InChI is InChI=1S/C19H28N2O4/c1-15(23)21-11-3-9-19(14-21,25-2)10-8-18(24)20-12-16-4-6-17(13-22)7-5-16/h4-7,22H,3,8-14H2,1-2H3,(H,20,24)/t19-/m1/s1. The van der Waals surface area contributed by atoms with E-state index in [1.807, 2.05) is 24.3 Å². The van der Waals surface area contributed by atoms with Crippen LogP contribution in [0.5, 0.6) is 0 Å². The highest BCUT2D eigenvalue weighted by Gasteiger charge is 2.36. The number of piperidine rings is 1. The number of carbonyl (C=O) groups excluding carboxylic acids is 2. The summed E-state index contributed by atoms with van der Waals surface area (Å²) in [4.78, 5) is 25.6. The van der Waals surface area contributed by atoms with Crippen molar-refractivity contribution >= 4 is 11.8 Å². The zero-order valence-corrected chi connectivity index (χ0v) is 15.1. The van der Waals surface area contributed by atoms with E-state index in [1.54, 1.807) is 18.9 Å². The molecule has 1 aromatic carbocycles. The Morgan fingerprint density at radius 2 is 1.96 bits per heavy atom. The van der Waals surface area contributed by atoms with Crippen molar-refractivity contribution in [3.8, 4) is 0 Å². The summed E-state index contributed by atoms with van der Waals surface area (Å²) in [5.74, 6) is 0.0273. The Morgan fingerprint density at radius 3 is 2.56 bits per heavy atom. The number of amides is 2. The highest BCUT2D eigenvalue weighted by molar-refractivity contribution is 5.76. The van der Waals surface area contributed by atoms with Crippen LogP contribution in [0.1, 0.15) is 43.7 Å². The van der Waals surface area contributed by atoms with Crippen LogP contribution in [-0.4, -0.2) is 47.6 Å². The molecule has 0 aliphatic carbocycles. The van der Waals surface area contributed by atoms with Gasteiger partial charge in [-0.05, 0) is 30.4 Å². The van der Waals surface area contributed by atoms with Crippen LogP contribution in [0, 0.1) is 0 Å². The Morgan fingerprint density at radius 1 is 1.28 bits per heavy atom. The fraction of sp³-hybridized carbons (Fsp3) is 0.579. The number of nitrogens with one attached hydrogen (secondary N) is 1. The number of ether oxygens (including phenoxy) is 1. The molecule has 1 heterocycles. The summed E-state index contributed by atoms with van der Waals surface area (Å²) in [6, 6.07) is 7.49. The lowest BCUT2D eigenvalue weighted by Crippen LogP contribution is -2.51. The molecular weight excluding hydrogens is 320 g/mol. The summed E-state index contributed by atoms with van der Waals surface area (Å²) < 4.78 is 5.70. The Bertz CT molecular complexity index is 588. The molecule has 1 aliphatic rings. The molecule has 0 aromatic heterocycles. The summed E-state index contributed by atoms with van der Waals surface area (Å²) >= 11 is 0. The Labute approximate surface area is 149 Å². The first-order valence-electron chi connectivity index (χ1n) is 8.74. The van der Waals surface area contributed by atoms with Crippen molar-refractivity contribution in [2.45, 2.75) is 51.4 Å². The van der Waals surface area contributed by atoms with E-state index in [2.05, 4.69) is 5.32 Å². The number of aliphatic hydroxyl groups excluding tert-OH is 1. The number of rotatable bonds is 7. The molecule has 6 heteroatoms. The van der Waals surface area contributed by atoms with Gasteiger partial charge in [-0.2, -0.15) is 0 Å². The predicted octanol–water partition coefficient (Wildman–Crippen LogP) is 1.60. The van der Waals surface area contributed by atoms with E-state index in [4.69, 9.17) is 9.84 Å². The van der Waals surface area contributed by atoms with Gasteiger partial charge in [0.05, 0.1) is 12.2 Å². The van der Waals surface area contributed by atoms with Crippen molar-refractivity contribution < 1.29 is 19.4 Å². The summed E-state index contributed by atoms with van der Waals surface area (Å²) in [5.41, 5.74) is 1.42. The van der Waals surface area contributed by atoms with Crippen molar-refractivity contribution in [1.29, 1.82) is 0 Å². The summed E-state index contributed by atoms with van der Waals surface area (Å²) in [7, 11) is 1.66. The molecule has 2 amide bonds. The molecule has 138 valence electrons. The Hall–Kier alpha value is -1.92. The highest BCUT2D eigenvalue weighted by atomic mass is 16.5. The first kappa shape index (κ1) is 19.4. The lowest BCUT2D eigenvalue weighted by Gasteiger charge is -2.41. The van der Waals surface area contributed by atoms with Gasteiger partial charge in [0.15, 0.2) is 0 Å². The summed E-state index contributed by atoms with van der Waals surface area (Å²) in [6.07, 6.45) is 2.73. The van der Waals surface area contributed by atoms with Crippen molar-refractivity contribution in [2.75, 3.05) is 20.2 Å². The Kier molecular flexibility index (Phi) is 6.96. The zero-order valence-electron chi connectivity index (χ0n) is 15.1. The van der Waals surface area contributed by atoms with E-state index < -0.39 is 5.60 Å². The fourth-order valence-electron chi connectivity index (χ4n) is 3.23. The molecular formula is C19H28N2O4. The third kappa shape index (κ3) is 5.54. The van der Waals surface area contributed by atoms with Gasteiger partial charge in [-0.25, -0.2) is 0 Å². The van der Waals surface area contributed by atoms with Gasteiger partial charge in [-0.1, -0.05) is 24.3 Å². The second-order valence-electron chi connectivity index (χ2n) is 6.68. The van der Waals surface area contributed by atoms with Crippen LogP contribution in [0.3, 0.4) is 0 Å². The van der Waals surface area contributed by atoms with Gasteiger partial charge in [-0.15, -0.1) is 0 Å². The maximum absolute atomic E-state index is 12.2. The first-order chi connectivity index (χ1) is 12.0. The van der Waals surface area contributed by atoms with Crippen molar-refractivity contribution in [2.24, 2.45) is 0 Å². The minimum absolute atomic E-state index is 0.0169. The lowest BCUT2D eigenvalue weighted by atomic mass is 9.87. The Balaban J connectivity index is 1.81. The number of carbonyl (C=O) groups is 2. The van der Waals surface area contributed by atoms with Crippen LogP contribution >= 0.6 is 0 Å². The molecule has 2 rings (SSSR count). The third-order valence-corrected chi connectivity index (χ3v) is 4.92. The topological polar surface area (TPSA) is 78.9 Å². The van der Waals surface area contributed by atoms with Crippen LogP contribution in [-0.2, 0) is 27.5 Å². The normalized spacial score (nSPS) is 20.4. The predicted molar refractivity (Wildman–Crippen MR) is 94.7 cm³/mol. The SMILES string of the molecule is CO[C@@]1(CCC(=O)NCc2ccc(CO)cc2)CCCN(C(C)=O)C1. The van der Waals surface area contributed by atoms with Crippen molar-refractivity contribution in [1.82, 2.24) is 10.2 Å². The molecule has 0 spiro atoms. The maximum atomic E-state index is 12.2. The van der Waals surface area contributed by atoms with E-state index in [9.17, 15) is 9.59 Å². The molecule has 6 nitrogen and oxygen atoms in total. The minimum atomic E-state index is -0.427. The van der Waals surface area contributed by atoms with Crippen LogP contribution in [0.2, 0.25) is 0 Å². The van der Waals surface area contributed by atoms with E-state index in [-0.39, 0.29) is 18.4 Å². The molecule has 1 atom stereocenters. The van der Waals surface area contributed by atoms with E-state index >= 15 is 0 Å². The van der Waals surface area contributed by atoms with E-state index in [0.29, 0.717) is 25.9 Å². The smallest absolute Gasteiger partial charge is 0.220 e. The number of aliphatic hydroxyl groups is 1. The van der Waals surface area contributed by atoms with Crippen LogP contribution < -0.4 is 5.32 Å². The van der Waals surface area contributed by atoms with Crippen LogP contribution in [0.15, 0.2) is 24.3 Å². The third-order valence-electron chi connectivity index (χ3n) is 4.92. The second-order valence-corrected chi connectivity index (χ2v) is 6.68. The summed E-state index contributed by atoms with van der Waals surface area (Å²) in [5, 5.41) is 11.9. The summed E-state index contributed by atoms with van der Waals surface area (Å²) in [6.45, 7) is 3.36. The largest absolute Gasteiger partial charge is 0.392 e. The van der Waals surface area contributed by atoms with E-state index in [1.165, 1.54) is 0 Å². The molecule has 1 saturated heterocycles. The molecule has 0 unspecified atom stereocenters. The van der Waals surface area contributed by atoms with Crippen LogP contribution in [0.4, 0.5) is 0 Å². The minimum Gasteiger partial charge on any atom is -0.392 e. The molecule has 1 aliphatic heterocycles. The quantitative estimate of drug-likeness (QED) is 0.784. The zero-order chi connectivity index (χ0) is 18.3. The number of methoxy groups -OCH3 is 1. The molecule has 2 N–H and O–H groups in total. The number of benzene rings is 1. The molecule has 1 aromatic rings. The van der Waals surface area contributed by atoms with Gasteiger partial charge >= 0.3 is 0 Å². The van der Waals surface area contributed by atoms with Gasteiger partial charge in [0.2, 0.25) is 11.8 Å². The van der Waals surface area contributed by atoms with E-state index in [0.717, 1.165) is 30.5 Å². The maximum Gasteiger partial charge on any atom is 0.220 e. The average Bonchev–Trinajstić information content (AvgIpc) is 2.65. The monoisotopic (exact) mass is 348 g/mol. The van der Waals surface area contributed by atoms with Gasteiger partial charge in [0, 0.05) is 40.1 Å². The number of nitrogens with zero attached hydrogens (tertiary/aromatic N) is 1. The lowest BCUT2D eigenvalue weighted by molar-refractivity contribution is -0.139. The molecule has 0 saturated carbocycles. The number of hydrogen-bond donors (Lipinski definition) is 2. The second kappa shape index (κ2) is 8.97. The highest BCUT2D eigenvalue weighted by Crippen LogP contribution is 2.29. The molecule has 1 fully saturated rings. The van der Waals surface area contributed by atoms with Crippen molar-refractivity contribution in [3.05, 3.63) is 35.4 Å². The molecule has 25 heavy (non-hydrogen) atoms. The van der Waals surface area contributed by atoms with Crippen molar-refractivity contribution in [3.63, 3.8) is 0 Å².